The number of hydrogen-bond donors (Lipinski definition) is 1. The Morgan fingerprint density at radius 3 is 2.89 bits per heavy atom. The van der Waals surface area contributed by atoms with Crippen molar-refractivity contribution in [1.29, 1.82) is 0 Å². The first-order chi connectivity index (χ1) is 9.20. The van der Waals surface area contributed by atoms with Crippen LogP contribution < -0.4 is 10.1 Å². The second-order valence-corrected chi connectivity index (χ2v) is 3.86. The van der Waals surface area contributed by atoms with Crippen LogP contribution in [0.2, 0.25) is 0 Å². The molecule has 2 aromatic rings. The van der Waals surface area contributed by atoms with Gasteiger partial charge in [-0.2, -0.15) is 0 Å². The Bertz CT molecular complexity index is 587. The molecule has 0 unspecified atom stereocenters. The zero-order valence-corrected chi connectivity index (χ0v) is 10.4. The number of methoxy groups -OCH3 is 1. The number of amides is 1. The third kappa shape index (κ3) is 3.28. The molecule has 1 heterocycles. The minimum atomic E-state index is -0.338. The highest BCUT2D eigenvalue weighted by Gasteiger charge is 2.08. The fraction of sp³-hybridized carbons (Fsp3) is 0.143. The highest BCUT2D eigenvalue weighted by Crippen LogP contribution is 2.09. The number of carbonyl (C=O) groups is 1. The Morgan fingerprint density at radius 2 is 2.16 bits per heavy atom. The number of hydrogen-bond acceptors (Lipinski definition) is 3. The summed E-state index contributed by atoms with van der Waals surface area (Å²) in [6, 6.07) is 9.41. The van der Waals surface area contributed by atoms with E-state index >= 15 is 0 Å². The first-order valence-electron chi connectivity index (χ1n) is 5.72. The lowest BCUT2D eigenvalue weighted by molar-refractivity contribution is 0.0950. The summed E-state index contributed by atoms with van der Waals surface area (Å²) in [6.45, 7) is 0.135. The van der Waals surface area contributed by atoms with Gasteiger partial charge in [-0.1, -0.05) is 18.2 Å². The lowest BCUT2D eigenvalue weighted by Gasteiger charge is -2.07. The van der Waals surface area contributed by atoms with Gasteiger partial charge in [-0.15, -0.1) is 0 Å². The zero-order valence-electron chi connectivity index (χ0n) is 10.4. The van der Waals surface area contributed by atoms with Crippen molar-refractivity contribution in [2.45, 2.75) is 6.54 Å². The van der Waals surface area contributed by atoms with Crippen LogP contribution in [-0.2, 0) is 6.54 Å². The summed E-state index contributed by atoms with van der Waals surface area (Å²) >= 11 is 0. The molecule has 1 aromatic carbocycles. The van der Waals surface area contributed by atoms with Crippen LogP contribution in [-0.4, -0.2) is 18.0 Å². The van der Waals surface area contributed by atoms with Gasteiger partial charge >= 0.3 is 0 Å². The van der Waals surface area contributed by atoms with Gasteiger partial charge in [-0.25, -0.2) is 9.37 Å². The predicted molar refractivity (Wildman–Crippen MR) is 68.4 cm³/mol. The first-order valence-corrected chi connectivity index (χ1v) is 5.72. The van der Waals surface area contributed by atoms with Gasteiger partial charge in [0.25, 0.3) is 5.91 Å². The van der Waals surface area contributed by atoms with Crippen LogP contribution in [0.4, 0.5) is 4.39 Å². The molecule has 0 radical (unpaired) electrons. The molecule has 0 spiro atoms. The number of carbonyl (C=O) groups excluding carboxylic acids is 1. The fourth-order valence-corrected chi connectivity index (χ4v) is 1.58. The quantitative estimate of drug-likeness (QED) is 0.916. The smallest absolute Gasteiger partial charge is 0.251 e. The minimum Gasteiger partial charge on any atom is -0.481 e. The molecule has 0 bridgehead atoms. The molecule has 98 valence electrons. The van der Waals surface area contributed by atoms with Crippen LogP contribution in [0.1, 0.15) is 15.9 Å². The van der Waals surface area contributed by atoms with Crippen molar-refractivity contribution >= 4 is 5.91 Å². The van der Waals surface area contributed by atoms with E-state index in [-0.39, 0.29) is 18.3 Å². The third-order valence-corrected chi connectivity index (χ3v) is 2.60. The zero-order chi connectivity index (χ0) is 13.7. The van der Waals surface area contributed by atoms with Gasteiger partial charge < -0.3 is 10.1 Å². The summed E-state index contributed by atoms with van der Waals surface area (Å²) in [6.07, 6.45) is 1.48. The van der Waals surface area contributed by atoms with Crippen molar-refractivity contribution in [2.24, 2.45) is 0 Å². The van der Waals surface area contributed by atoms with Crippen molar-refractivity contribution in [3.63, 3.8) is 0 Å². The van der Waals surface area contributed by atoms with E-state index in [2.05, 4.69) is 10.3 Å². The molecule has 0 atom stereocenters. The number of rotatable bonds is 4. The molecule has 0 fully saturated rings. The summed E-state index contributed by atoms with van der Waals surface area (Å²) in [5, 5.41) is 2.65. The van der Waals surface area contributed by atoms with Crippen molar-refractivity contribution in [3.05, 3.63) is 59.5 Å². The van der Waals surface area contributed by atoms with Gasteiger partial charge in [0.2, 0.25) is 5.88 Å². The van der Waals surface area contributed by atoms with Gasteiger partial charge in [0, 0.05) is 29.9 Å². The summed E-state index contributed by atoms with van der Waals surface area (Å²) in [5.41, 5.74) is 0.861. The average Bonchev–Trinajstić information content (AvgIpc) is 2.46. The van der Waals surface area contributed by atoms with Crippen LogP contribution in [0.25, 0.3) is 0 Å². The molecule has 4 nitrogen and oxygen atoms in total. The van der Waals surface area contributed by atoms with E-state index in [9.17, 15) is 9.18 Å². The average molecular weight is 260 g/mol. The number of nitrogens with one attached hydrogen (secondary N) is 1. The molecule has 0 saturated carbocycles. The molecular formula is C14H13FN2O2. The van der Waals surface area contributed by atoms with E-state index in [1.807, 2.05) is 0 Å². The van der Waals surface area contributed by atoms with Gasteiger partial charge in [0.15, 0.2) is 0 Å². The Balaban J connectivity index is 2.03. The lowest BCUT2D eigenvalue weighted by Crippen LogP contribution is -2.23. The monoisotopic (exact) mass is 260 g/mol. The topological polar surface area (TPSA) is 51.2 Å². The molecule has 0 aliphatic heterocycles. The Morgan fingerprint density at radius 1 is 1.37 bits per heavy atom. The number of ether oxygens (including phenoxy) is 1. The molecule has 0 aliphatic rings. The number of halogens is 1. The van der Waals surface area contributed by atoms with Crippen LogP contribution in [0, 0.1) is 5.82 Å². The van der Waals surface area contributed by atoms with E-state index in [1.165, 1.54) is 25.4 Å². The molecular weight excluding hydrogens is 247 g/mol. The maximum absolute atomic E-state index is 13.4. The normalized spacial score (nSPS) is 10.0. The van der Waals surface area contributed by atoms with Crippen LogP contribution >= 0.6 is 0 Å². The number of pyridine rings is 1. The highest BCUT2D eigenvalue weighted by molar-refractivity contribution is 5.94. The Hall–Kier alpha value is -2.43. The standard InChI is InChI=1S/C14H13FN2O2/c1-19-13-8-10(6-7-16-13)14(18)17-9-11-4-2-3-5-12(11)15/h2-8H,9H2,1H3,(H,17,18). The molecule has 5 heteroatoms. The summed E-state index contributed by atoms with van der Waals surface area (Å²) in [4.78, 5) is 15.8. The molecule has 2 rings (SSSR count). The lowest BCUT2D eigenvalue weighted by atomic mass is 10.2. The van der Waals surface area contributed by atoms with Crippen molar-refractivity contribution in [3.8, 4) is 5.88 Å². The summed E-state index contributed by atoms with van der Waals surface area (Å²) in [5.74, 6) is -0.280. The number of benzene rings is 1. The Labute approximate surface area is 110 Å². The maximum Gasteiger partial charge on any atom is 0.251 e. The minimum absolute atomic E-state index is 0.135. The second-order valence-electron chi connectivity index (χ2n) is 3.86. The molecule has 1 amide bonds. The Kier molecular flexibility index (Phi) is 4.07. The van der Waals surface area contributed by atoms with Gasteiger partial charge in [0.05, 0.1) is 7.11 Å². The molecule has 1 aromatic heterocycles. The molecule has 0 saturated heterocycles. The van der Waals surface area contributed by atoms with Crippen LogP contribution in [0.15, 0.2) is 42.6 Å². The predicted octanol–water partition coefficient (Wildman–Crippen LogP) is 2.16. The van der Waals surface area contributed by atoms with Gasteiger partial charge in [0.1, 0.15) is 5.82 Å². The summed E-state index contributed by atoms with van der Waals surface area (Å²) in [7, 11) is 1.48. The molecule has 1 N–H and O–H groups in total. The van der Waals surface area contributed by atoms with E-state index in [4.69, 9.17) is 4.74 Å². The van der Waals surface area contributed by atoms with Crippen LogP contribution in [0.3, 0.4) is 0 Å². The van der Waals surface area contributed by atoms with E-state index in [1.54, 1.807) is 24.3 Å². The first kappa shape index (κ1) is 13.0. The van der Waals surface area contributed by atoms with Crippen molar-refractivity contribution in [1.82, 2.24) is 10.3 Å². The maximum atomic E-state index is 13.4. The molecule has 19 heavy (non-hydrogen) atoms. The van der Waals surface area contributed by atoms with E-state index in [0.29, 0.717) is 17.0 Å². The highest BCUT2D eigenvalue weighted by atomic mass is 19.1. The van der Waals surface area contributed by atoms with Gasteiger partial charge in [-0.05, 0) is 12.1 Å². The third-order valence-electron chi connectivity index (χ3n) is 2.60. The van der Waals surface area contributed by atoms with Crippen molar-refractivity contribution < 1.29 is 13.9 Å². The largest absolute Gasteiger partial charge is 0.481 e. The van der Waals surface area contributed by atoms with E-state index in [0.717, 1.165) is 0 Å². The second kappa shape index (κ2) is 5.95. The molecule has 0 aliphatic carbocycles. The van der Waals surface area contributed by atoms with Gasteiger partial charge in [-0.3, -0.25) is 4.79 Å². The number of nitrogens with zero attached hydrogens (tertiary/aromatic N) is 1. The van der Waals surface area contributed by atoms with Crippen molar-refractivity contribution in [2.75, 3.05) is 7.11 Å². The summed E-state index contributed by atoms with van der Waals surface area (Å²) < 4.78 is 18.3. The SMILES string of the molecule is COc1cc(C(=O)NCc2ccccc2F)ccn1. The number of aromatic nitrogens is 1. The van der Waals surface area contributed by atoms with Crippen LogP contribution in [0.5, 0.6) is 5.88 Å². The van der Waals surface area contributed by atoms with E-state index < -0.39 is 0 Å². The fourth-order valence-electron chi connectivity index (χ4n) is 1.58.